The number of benzene rings is 1. The second-order valence-electron chi connectivity index (χ2n) is 4.77. The summed E-state index contributed by atoms with van der Waals surface area (Å²) in [5, 5.41) is 19.4. The van der Waals surface area contributed by atoms with Crippen molar-refractivity contribution in [2.45, 2.75) is 13.0 Å². The van der Waals surface area contributed by atoms with E-state index >= 15 is 0 Å². The summed E-state index contributed by atoms with van der Waals surface area (Å²) in [6, 6.07) is 4.26. The van der Waals surface area contributed by atoms with Crippen LogP contribution in [0.2, 0.25) is 0 Å². The van der Waals surface area contributed by atoms with Crippen LogP contribution in [-0.4, -0.2) is 35.6 Å². The van der Waals surface area contributed by atoms with Crippen molar-refractivity contribution >= 4 is 22.6 Å². The van der Waals surface area contributed by atoms with Gasteiger partial charge in [0.15, 0.2) is 0 Å². The number of nitrogens with one attached hydrogen (secondary N) is 2. The average molecular weight is 385 g/mol. The Bertz CT molecular complexity index is 640. The summed E-state index contributed by atoms with van der Waals surface area (Å²) < 4.78 is 6.52. The summed E-state index contributed by atoms with van der Waals surface area (Å²) in [7, 11) is 1.68. The summed E-state index contributed by atoms with van der Waals surface area (Å²) in [6.07, 6.45) is 0.913. The fourth-order valence-electron chi connectivity index (χ4n) is 2.60. The van der Waals surface area contributed by atoms with Crippen molar-refractivity contribution in [1.82, 2.24) is 15.5 Å². The van der Waals surface area contributed by atoms with Gasteiger partial charge in [-0.3, -0.25) is 5.10 Å². The van der Waals surface area contributed by atoms with E-state index in [2.05, 4.69) is 50.2 Å². The van der Waals surface area contributed by atoms with Crippen LogP contribution in [0.25, 0.3) is 11.3 Å². The van der Waals surface area contributed by atoms with Crippen molar-refractivity contribution in [2.75, 3.05) is 20.3 Å². The van der Waals surface area contributed by atoms with Crippen LogP contribution in [0.15, 0.2) is 12.1 Å². The molecule has 3 rings (SSSR count). The van der Waals surface area contributed by atoms with E-state index in [9.17, 15) is 0 Å². The van der Waals surface area contributed by atoms with Gasteiger partial charge in [0.05, 0.1) is 19.4 Å². The molecule has 0 spiro atoms. The molecule has 0 amide bonds. The molecule has 2 aromatic rings. The molecule has 0 saturated carbocycles. The van der Waals surface area contributed by atoms with Gasteiger partial charge in [-0.2, -0.15) is 5.10 Å². The number of aliphatic hydroxyl groups is 1. The molecule has 106 valence electrons. The van der Waals surface area contributed by atoms with E-state index in [4.69, 9.17) is 9.84 Å². The van der Waals surface area contributed by atoms with Crippen molar-refractivity contribution in [2.24, 2.45) is 0 Å². The zero-order chi connectivity index (χ0) is 14.1. The lowest BCUT2D eigenvalue weighted by molar-refractivity contribution is 0.291. The van der Waals surface area contributed by atoms with Crippen molar-refractivity contribution in [3.63, 3.8) is 0 Å². The van der Waals surface area contributed by atoms with E-state index in [1.165, 1.54) is 16.7 Å². The van der Waals surface area contributed by atoms with Crippen LogP contribution >= 0.6 is 22.6 Å². The Morgan fingerprint density at radius 2 is 2.35 bits per heavy atom. The minimum atomic E-state index is 0.141. The quantitative estimate of drug-likeness (QED) is 0.462. The first kappa shape index (κ1) is 13.8. The summed E-state index contributed by atoms with van der Waals surface area (Å²) in [4.78, 5) is 0. The van der Waals surface area contributed by atoms with Crippen LogP contribution in [-0.2, 0) is 13.0 Å². The predicted molar refractivity (Wildman–Crippen MR) is 84.9 cm³/mol. The summed E-state index contributed by atoms with van der Waals surface area (Å²) in [5.41, 5.74) is 5.97. The maximum atomic E-state index is 8.84. The standard InChI is InChI=1S/C14H16IN3O2/c1-20-12-6-10-8(4-9(12)7-16-2-3-19)5-11-13(10)17-18-14(11)15/h4,6,16,19H,2-3,5,7H2,1H3,(H,17,18). The maximum absolute atomic E-state index is 8.84. The maximum Gasteiger partial charge on any atom is 0.127 e. The van der Waals surface area contributed by atoms with Crippen molar-refractivity contribution in [3.05, 3.63) is 32.5 Å². The Morgan fingerprint density at radius 3 is 3.10 bits per heavy atom. The molecular formula is C14H16IN3O2. The van der Waals surface area contributed by atoms with Crippen LogP contribution in [0, 0.1) is 3.70 Å². The van der Waals surface area contributed by atoms with E-state index in [1.54, 1.807) is 7.11 Å². The summed E-state index contributed by atoms with van der Waals surface area (Å²) in [6.45, 7) is 1.42. The highest BCUT2D eigenvalue weighted by atomic mass is 127. The number of hydrogen-bond acceptors (Lipinski definition) is 4. The van der Waals surface area contributed by atoms with Gasteiger partial charge in [-0.05, 0) is 40.3 Å². The fourth-order valence-corrected chi connectivity index (χ4v) is 3.18. The zero-order valence-electron chi connectivity index (χ0n) is 11.2. The number of aromatic amines is 1. The van der Waals surface area contributed by atoms with Gasteiger partial charge in [-0.15, -0.1) is 0 Å². The minimum absolute atomic E-state index is 0.141. The Hall–Kier alpha value is -1.12. The second-order valence-corrected chi connectivity index (χ2v) is 5.79. The minimum Gasteiger partial charge on any atom is -0.496 e. The SMILES string of the molecule is COc1cc2c(cc1CNCCO)Cc1c(I)n[nH]c1-2. The van der Waals surface area contributed by atoms with Crippen LogP contribution in [0.1, 0.15) is 16.7 Å². The molecule has 0 fully saturated rings. The lowest BCUT2D eigenvalue weighted by atomic mass is 10.0. The molecule has 0 unspecified atom stereocenters. The first-order valence-corrected chi connectivity index (χ1v) is 7.57. The number of nitrogens with zero attached hydrogens (tertiary/aromatic N) is 1. The van der Waals surface area contributed by atoms with Gasteiger partial charge in [0.25, 0.3) is 0 Å². The molecule has 1 aromatic carbocycles. The third kappa shape index (κ3) is 2.32. The summed E-state index contributed by atoms with van der Waals surface area (Å²) >= 11 is 2.26. The van der Waals surface area contributed by atoms with Crippen molar-refractivity contribution in [1.29, 1.82) is 0 Å². The smallest absolute Gasteiger partial charge is 0.127 e. The van der Waals surface area contributed by atoms with Gasteiger partial charge in [0, 0.05) is 36.2 Å². The number of rotatable bonds is 5. The van der Waals surface area contributed by atoms with Crippen LogP contribution < -0.4 is 10.1 Å². The number of fused-ring (bicyclic) bond motifs is 3. The van der Waals surface area contributed by atoms with Crippen LogP contribution in [0.4, 0.5) is 0 Å². The Morgan fingerprint density at radius 1 is 1.50 bits per heavy atom. The van der Waals surface area contributed by atoms with Crippen LogP contribution in [0.5, 0.6) is 5.75 Å². The second kappa shape index (κ2) is 5.71. The number of H-pyrrole nitrogens is 1. The Balaban J connectivity index is 1.95. The summed E-state index contributed by atoms with van der Waals surface area (Å²) in [5.74, 6) is 0.867. The largest absolute Gasteiger partial charge is 0.496 e. The first-order valence-electron chi connectivity index (χ1n) is 6.49. The molecule has 0 radical (unpaired) electrons. The third-order valence-corrected chi connectivity index (χ3v) is 4.46. The highest BCUT2D eigenvalue weighted by molar-refractivity contribution is 14.1. The lowest BCUT2D eigenvalue weighted by Crippen LogP contribution is -2.18. The molecule has 1 aromatic heterocycles. The molecule has 0 aliphatic heterocycles. The number of aliphatic hydroxyl groups excluding tert-OH is 1. The van der Waals surface area contributed by atoms with Crippen LogP contribution in [0.3, 0.4) is 0 Å². The Labute approximate surface area is 130 Å². The van der Waals surface area contributed by atoms with Crippen molar-refractivity contribution in [3.8, 4) is 17.0 Å². The Kier molecular flexibility index (Phi) is 3.95. The van der Waals surface area contributed by atoms with E-state index in [0.717, 1.165) is 27.1 Å². The third-order valence-electron chi connectivity index (χ3n) is 3.56. The molecule has 5 nitrogen and oxygen atoms in total. The van der Waals surface area contributed by atoms with Gasteiger partial charge < -0.3 is 15.2 Å². The molecule has 6 heteroatoms. The van der Waals surface area contributed by atoms with Gasteiger partial charge in [-0.1, -0.05) is 0 Å². The number of ether oxygens (including phenoxy) is 1. The number of halogens is 1. The van der Waals surface area contributed by atoms with Gasteiger partial charge in [0.1, 0.15) is 9.45 Å². The average Bonchev–Trinajstić information content (AvgIpc) is 2.98. The highest BCUT2D eigenvalue weighted by Crippen LogP contribution is 2.40. The number of hydrogen-bond donors (Lipinski definition) is 3. The molecule has 1 heterocycles. The number of methoxy groups -OCH3 is 1. The van der Waals surface area contributed by atoms with E-state index < -0.39 is 0 Å². The van der Waals surface area contributed by atoms with Gasteiger partial charge >= 0.3 is 0 Å². The molecule has 0 saturated heterocycles. The molecule has 1 aliphatic carbocycles. The normalized spacial score (nSPS) is 12.3. The van der Waals surface area contributed by atoms with E-state index in [0.29, 0.717) is 13.1 Å². The molecule has 3 N–H and O–H groups in total. The van der Waals surface area contributed by atoms with Crippen molar-refractivity contribution < 1.29 is 9.84 Å². The molecular weight excluding hydrogens is 369 g/mol. The predicted octanol–water partition coefficient (Wildman–Crippen LogP) is 1.68. The molecule has 1 aliphatic rings. The fraction of sp³-hybridized carbons (Fsp3) is 0.357. The topological polar surface area (TPSA) is 70.2 Å². The van der Waals surface area contributed by atoms with E-state index in [1.807, 2.05) is 0 Å². The molecule has 20 heavy (non-hydrogen) atoms. The monoisotopic (exact) mass is 385 g/mol. The molecule has 0 atom stereocenters. The van der Waals surface area contributed by atoms with Gasteiger partial charge in [0.2, 0.25) is 0 Å². The number of aromatic nitrogens is 2. The molecule has 0 bridgehead atoms. The van der Waals surface area contributed by atoms with E-state index in [-0.39, 0.29) is 6.61 Å². The first-order chi connectivity index (χ1) is 9.74. The highest BCUT2D eigenvalue weighted by Gasteiger charge is 2.25. The zero-order valence-corrected chi connectivity index (χ0v) is 13.3. The van der Waals surface area contributed by atoms with Gasteiger partial charge in [-0.25, -0.2) is 0 Å². The lowest BCUT2D eigenvalue weighted by Gasteiger charge is -2.12.